The molecule has 1 aromatic heterocycles. The van der Waals surface area contributed by atoms with Crippen LogP contribution in [0.3, 0.4) is 0 Å². The smallest absolute Gasteiger partial charge is 0.198 e. The van der Waals surface area contributed by atoms with E-state index in [2.05, 4.69) is 41.3 Å². The molecule has 3 aromatic rings. The van der Waals surface area contributed by atoms with E-state index in [1.807, 2.05) is 22.4 Å². The fourth-order valence-corrected chi connectivity index (χ4v) is 4.01. The van der Waals surface area contributed by atoms with Gasteiger partial charge in [0.25, 0.3) is 0 Å². The van der Waals surface area contributed by atoms with Crippen molar-refractivity contribution in [1.82, 2.24) is 19.2 Å². The topological polar surface area (TPSA) is 44.5 Å². The van der Waals surface area contributed by atoms with Crippen LogP contribution in [-0.4, -0.2) is 40.0 Å². The van der Waals surface area contributed by atoms with Crippen LogP contribution in [0.1, 0.15) is 22.5 Å². The van der Waals surface area contributed by atoms with Crippen molar-refractivity contribution in [3.05, 3.63) is 69.8 Å². The third kappa shape index (κ3) is 4.06. The molecule has 0 saturated heterocycles. The highest BCUT2D eigenvalue weighted by Crippen LogP contribution is 2.33. The zero-order chi connectivity index (χ0) is 20.4. The third-order valence-corrected chi connectivity index (χ3v) is 5.95. The van der Waals surface area contributed by atoms with E-state index in [-0.39, 0.29) is 0 Å². The van der Waals surface area contributed by atoms with Gasteiger partial charge in [-0.15, -0.1) is 0 Å². The predicted octanol–water partition coefficient (Wildman–Crippen LogP) is 3.57. The minimum atomic E-state index is 0.676. The van der Waals surface area contributed by atoms with E-state index in [0.717, 1.165) is 48.0 Å². The highest BCUT2D eigenvalue weighted by Gasteiger charge is 2.20. The zero-order valence-electron chi connectivity index (χ0n) is 17.1. The number of ether oxygens (including phenoxy) is 2. The molecular formula is C22H26N4O2S. The first-order valence-corrected chi connectivity index (χ1v) is 10.1. The van der Waals surface area contributed by atoms with Crippen molar-refractivity contribution in [2.45, 2.75) is 26.1 Å². The summed E-state index contributed by atoms with van der Waals surface area (Å²) in [5.74, 6) is 2.54. The molecule has 0 aliphatic carbocycles. The van der Waals surface area contributed by atoms with Crippen LogP contribution in [0.4, 0.5) is 0 Å². The van der Waals surface area contributed by atoms with E-state index >= 15 is 0 Å². The molecule has 2 aromatic carbocycles. The first-order chi connectivity index (χ1) is 14.1. The summed E-state index contributed by atoms with van der Waals surface area (Å²) < 4.78 is 15.6. The van der Waals surface area contributed by atoms with Gasteiger partial charge in [-0.05, 0) is 47.5 Å². The minimum absolute atomic E-state index is 0.676. The van der Waals surface area contributed by atoms with E-state index in [0.29, 0.717) is 6.67 Å². The van der Waals surface area contributed by atoms with Crippen LogP contribution in [0.5, 0.6) is 11.5 Å². The van der Waals surface area contributed by atoms with Crippen molar-refractivity contribution in [3.8, 4) is 11.5 Å². The molecule has 0 fully saturated rings. The molecule has 29 heavy (non-hydrogen) atoms. The Kier molecular flexibility index (Phi) is 5.69. The quantitative estimate of drug-likeness (QED) is 0.581. The van der Waals surface area contributed by atoms with E-state index in [9.17, 15) is 0 Å². The Morgan fingerprint density at radius 1 is 1.03 bits per heavy atom. The van der Waals surface area contributed by atoms with Crippen molar-refractivity contribution in [1.29, 1.82) is 0 Å². The highest BCUT2D eigenvalue weighted by atomic mass is 32.1. The fourth-order valence-electron chi connectivity index (χ4n) is 3.81. The number of methoxy groups -OCH3 is 2. The molecule has 6 nitrogen and oxygen atoms in total. The molecule has 1 aliphatic rings. The Balaban J connectivity index is 1.52. The van der Waals surface area contributed by atoms with E-state index in [4.69, 9.17) is 26.8 Å². The van der Waals surface area contributed by atoms with E-state index in [1.54, 1.807) is 14.2 Å². The summed E-state index contributed by atoms with van der Waals surface area (Å²) in [5.41, 5.74) is 3.81. The molecule has 0 saturated carbocycles. The normalized spacial score (nSPS) is 13.9. The van der Waals surface area contributed by atoms with Gasteiger partial charge in [0.15, 0.2) is 16.3 Å². The second kappa shape index (κ2) is 8.39. The SMILES string of the molecule is COc1cc2c(cc1OC)CN(Cn1nc(Cc3ccccc3)n(C)c1=S)CC2. The Morgan fingerprint density at radius 3 is 2.41 bits per heavy atom. The molecule has 152 valence electrons. The van der Waals surface area contributed by atoms with Crippen molar-refractivity contribution < 1.29 is 9.47 Å². The molecule has 0 unspecified atom stereocenters. The van der Waals surface area contributed by atoms with Crippen LogP contribution in [0.15, 0.2) is 42.5 Å². The lowest BCUT2D eigenvalue weighted by Crippen LogP contribution is -2.33. The van der Waals surface area contributed by atoms with Crippen LogP contribution < -0.4 is 9.47 Å². The van der Waals surface area contributed by atoms with Crippen LogP contribution in [0.2, 0.25) is 0 Å². The second-order valence-corrected chi connectivity index (χ2v) is 7.70. The molecule has 0 bridgehead atoms. The molecular weight excluding hydrogens is 384 g/mol. The maximum atomic E-state index is 5.65. The first kappa shape index (κ1) is 19.7. The lowest BCUT2D eigenvalue weighted by atomic mass is 9.99. The summed E-state index contributed by atoms with van der Waals surface area (Å²) >= 11 is 5.65. The number of nitrogens with zero attached hydrogens (tertiary/aromatic N) is 4. The van der Waals surface area contributed by atoms with Gasteiger partial charge in [0.1, 0.15) is 5.82 Å². The van der Waals surface area contributed by atoms with Crippen molar-refractivity contribution >= 4 is 12.2 Å². The van der Waals surface area contributed by atoms with Crippen LogP contribution in [0.25, 0.3) is 0 Å². The van der Waals surface area contributed by atoms with Crippen molar-refractivity contribution in [2.24, 2.45) is 7.05 Å². The van der Waals surface area contributed by atoms with Gasteiger partial charge in [-0.2, -0.15) is 5.10 Å². The summed E-state index contributed by atoms with van der Waals surface area (Å²) in [5, 5.41) is 4.80. The largest absolute Gasteiger partial charge is 0.493 e. The Morgan fingerprint density at radius 2 is 1.72 bits per heavy atom. The van der Waals surface area contributed by atoms with Gasteiger partial charge in [0, 0.05) is 26.6 Å². The average Bonchev–Trinajstić information content (AvgIpc) is 3.01. The zero-order valence-corrected chi connectivity index (χ0v) is 17.9. The van der Waals surface area contributed by atoms with Gasteiger partial charge in [-0.1, -0.05) is 30.3 Å². The van der Waals surface area contributed by atoms with Gasteiger partial charge in [0.2, 0.25) is 0 Å². The van der Waals surface area contributed by atoms with Crippen molar-refractivity contribution in [3.63, 3.8) is 0 Å². The van der Waals surface area contributed by atoms with Gasteiger partial charge in [-0.3, -0.25) is 4.90 Å². The summed E-state index contributed by atoms with van der Waals surface area (Å²) in [7, 11) is 5.34. The molecule has 0 amide bonds. The Hall–Kier alpha value is -2.64. The molecule has 0 N–H and O–H groups in total. The summed E-state index contributed by atoms with van der Waals surface area (Å²) in [4.78, 5) is 2.36. The number of hydrogen-bond donors (Lipinski definition) is 0. The van der Waals surface area contributed by atoms with E-state index in [1.165, 1.54) is 16.7 Å². The van der Waals surface area contributed by atoms with Gasteiger partial charge < -0.3 is 14.0 Å². The number of rotatable bonds is 6. The molecule has 4 rings (SSSR count). The monoisotopic (exact) mass is 410 g/mol. The minimum Gasteiger partial charge on any atom is -0.493 e. The molecule has 0 atom stereocenters. The Bertz CT molecular complexity index is 1060. The van der Waals surface area contributed by atoms with E-state index < -0.39 is 0 Å². The lowest BCUT2D eigenvalue weighted by Gasteiger charge is -2.29. The number of benzene rings is 2. The molecule has 2 heterocycles. The fraction of sp³-hybridized carbons (Fsp3) is 0.364. The Labute approximate surface area is 176 Å². The summed E-state index contributed by atoms with van der Waals surface area (Å²) in [6.07, 6.45) is 1.74. The number of fused-ring (bicyclic) bond motifs is 1. The van der Waals surface area contributed by atoms with Crippen molar-refractivity contribution in [2.75, 3.05) is 20.8 Å². The molecule has 0 spiro atoms. The first-order valence-electron chi connectivity index (χ1n) is 9.72. The third-order valence-electron chi connectivity index (χ3n) is 5.47. The lowest BCUT2D eigenvalue weighted by molar-refractivity contribution is 0.187. The standard InChI is InChI=1S/C22H26N4O2S/c1-24-21(11-16-7-5-4-6-8-16)23-26(22(24)29)15-25-10-9-17-12-19(27-2)20(28-3)13-18(17)14-25/h4-8,12-13H,9-11,14-15H2,1-3H3. The molecule has 1 aliphatic heterocycles. The summed E-state index contributed by atoms with van der Waals surface area (Å²) in [6.45, 7) is 2.46. The second-order valence-electron chi connectivity index (χ2n) is 7.34. The maximum absolute atomic E-state index is 5.65. The van der Waals surface area contributed by atoms with Gasteiger partial charge in [-0.25, -0.2) is 4.68 Å². The van der Waals surface area contributed by atoms with Gasteiger partial charge >= 0.3 is 0 Å². The highest BCUT2D eigenvalue weighted by molar-refractivity contribution is 7.71. The number of hydrogen-bond acceptors (Lipinski definition) is 5. The molecule has 7 heteroatoms. The molecule has 0 radical (unpaired) electrons. The average molecular weight is 411 g/mol. The number of aromatic nitrogens is 3. The summed E-state index contributed by atoms with van der Waals surface area (Å²) in [6, 6.07) is 14.5. The predicted molar refractivity (Wildman–Crippen MR) is 115 cm³/mol. The van der Waals surface area contributed by atoms with Crippen LogP contribution in [0, 0.1) is 4.77 Å². The van der Waals surface area contributed by atoms with Gasteiger partial charge in [0.05, 0.1) is 20.9 Å². The van der Waals surface area contributed by atoms with Crippen LogP contribution in [-0.2, 0) is 33.1 Å². The maximum Gasteiger partial charge on any atom is 0.198 e. The van der Waals surface area contributed by atoms with Crippen LogP contribution >= 0.6 is 12.2 Å².